The highest BCUT2D eigenvalue weighted by Gasteiger charge is 2.12. The van der Waals surface area contributed by atoms with Crippen molar-refractivity contribution in [2.45, 2.75) is 6.92 Å². The molecule has 7 heteroatoms. The molecule has 2 N–H and O–H groups in total. The first-order valence-electron chi connectivity index (χ1n) is 5.79. The number of hydrogen-bond donors (Lipinski definition) is 2. The van der Waals surface area contributed by atoms with E-state index in [1.165, 1.54) is 16.2 Å². The highest BCUT2D eigenvalue weighted by Crippen LogP contribution is 2.30. The predicted octanol–water partition coefficient (Wildman–Crippen LogP) is 4.52. The van der Waals surface area contributed by atoms with Crippen LogP contribution in [0.15, 0.2) is 34.2 Å². The van der Waals surface area contributed by atoms with E-state index >= 15 is 0 Å². The third kappa shape index (κ3) is 2.84. The molecule has 3 rings (SSSR count). The lowest BCUT2D eigenvalue weighted by atomic mass is 10.4. The maximum absolute atomic E-state index is 12.0. The van der Waals surface area contributed by atoms with Crippen LogP contribution < -0.4 is 5.32 Å². The molecule has 102 valence electrons. The number of thiazole rings is 1. The van der Waals surface area contributed by atoms with Crippen molar-refractivity contribution in [1.29, 1.82) is 0 Å². The number of rotatable bonds is 3. The Morgan fingerprint density at radius 1 is 1.45 bits per heavy atom. The second-order valence-corrected chi connectivity index (χ2v) is 7.20. The first-order valence-corrected chi connectivity index (χ1v) is 8.28. The molecule has 0 bridgehead atoms. The van der Waals surface area contributed by atoms with Gasteiger partial charge in [-0.05, 0) is 41.1 Å². The molecular formula is C13H10BrN3OS2. The summed E-state index contributed by atoms with van der Waals surface area (Å²) in [5.74, 6) is -0.195. The fourth-order valence-electron chi connectivity index (χ4n) is 1.68. The highest BCUT2D eigenvalue weighted by atomic mass is 79.9. The molecule has 3 aromatic heterocycles. The monoisotopic (exact) mass is 367 g/mol. The summed E-state index contributed by atoms with van der Waals surface area (Å²) in [5, 5.41) is 5.34. The van der Waals surface area contributed by atoms with Gasteiger partial charge in [0.2, 0.25) is 0 Å². The topological polar surface area (TPSA) is 57.8 Å². The number of H-pyrrole nitrogens is 1. The molecule has 20 heavy (non-hydrogen) atoms. The Hall–Kier alpha value is -1.44. The number of nitrogens with one attached hydrogen (secondary N) is 2. The summed E-state index contributed by atoms with van der Waals surface area (Å²) in [5.41, 5.74) is 1.40. The molecule has 0 saturated heterocycles. The summed E-state index contributed by atoms with van der Waals surface area (Å²) in [6, 6.07) is 5.84. The molecule has 0 fully saturated rings. The number of nitrogens with zero attached hydrogens (tertiary/aromatic N) is 1. The van der Waals surface area contributed by atoms with Crippen molar-refractivity contribution in [3.63, 3.8) is 0 Å². The van der Waals surface area contributed by atoms with Gasteiger partial charge in [-0.2, -0.15) is 0 Å². The molecule has 0 aliphatic rings. The normalized spacial score (nSPS) is 10.7. The van der Waals surface area contributed by atoms with E-state index in [0.717, 1.165) is 15.0 Å². The van der Waals surface area contributed by atoms with E-state index in [1.54, 1.807) is 23.6 Å². The molecule has 0 saturated carbocycles. The van der Waals surface area contributed by atoms with Crippen LogP contribution in [-0.4, -0.2) is 15.9 Å². The lowest BCUT2D eigenvalue weighted by Crippen LogP contribution is -2.11. The van der Waals surface area contributed by atoms with Gasteiger partial charge in [-0.15, -0.1) is 22.7 Å². The van der Waals surface area contributed by atoms with Gasteiger partial charge in [0.25, 0.3) is 5.91 Å². The van der Waals surface area contributed by atoms with Crippen molar-refractivity contribution in [2.75, 3.05) is 5.32 Å². The van der Waals surface area contributed by atoms with Gasteiger partial charge in [0, 0.05) is 20.9 Å². The molecule has 3 aromatic rings. The molecule has 1 amide bonds. The van der Waals surface area contributed by atoms with Gasteiger partial charge in [0.05, 0.1) is 10.6 Å². The lowest BCUT2D eigenvalue weighted by molar-refractivity contribution is 0.102. The number of aromatic amines is 1. The molecule has 0 unspecified atom stereocenters. The molecule has 0 atom stereocenters. The van der Waals surface area contributed by atoms with E-state index in [0.29, 0.717) is 10.8 Å². The Morgan fingerprint density at radius 3 is 2.95 bits per heavy atom. The average molecular weight is 368 g/mol. The summed E-state index contributed by atoms with van der Waals surface area (Å²) < 4.78 is 0.844. The summed E-state index contributed by atoms with van der Waals surface area (Å²) in [6.45, 7) is 2.06. The minimum absolute atomic E-state index is 0.195. The van der Waals surface area contributed by atoms with Gasteiger partial charge in [-0.1, -0.05) is 0 Å². The zero-order chi connectivity index (χ0) is 14.1. The van der Waals surface area contributed by atoms with E-state index in [-0.39, 0.29) is 5.91 Å². The van der Waals surface area contributed by atoms with Crippen molar-refractivity contribution < 1.29 is 4.79 Å². The Bertz CT molecular complexity index is 759. The van der Waals surface area contributed by atoms with E-state index in [9.17, 15) is 4.79 Å². The average Bonchev–Trinajstić information content (AvgIpc) is 3.10. The number of carbonyl (C=O) groups is 1. The third-order valence-corrected chi connectivity index (χ3v) is 4.85. The number of aryl methyl sites for hydroxylation is 1. The second kappa shape index (κ2) is 5.51. The van der Waals surface area contributed by atoms with Gasteiger partial charge in [-0.25, -0.2) is 4.98 Å². The van der Waals surface area contributed by atoms with Crippen molar-refractivity contribution in [1.82, 2.24) is 9.97 Å². The number of anilines is 1. The summed E-state index contributed by atoms with van der Waals surface area (Å²) in [4.78, 5) is 21.7. The van der Waals surface area contributed by atoms with Gasteiger partial charge in [-0.3, -0.25) is 10.1 Å². The van der Waals surface area contributed by atoms with Gasteiger partial charge in [0.15, 0.2) is 5.13 Å². The maximum Gasteiger partial charge on any atom is 0.273 e. The molecule has 0 aromatic carbocycles. The molecule has 0 aliphatic carbocycles. The number of thiophene rings is 1. The second-order valence-electron chi connectivity index (χ2n) is 4.13. The zero-order valence-corrected chi connectivity index (χ0v) is 13.7. The van der Waals surface area contributed by atoms with Crippen LogP contribution in [-0.2, 0) is 0 Å². The summed E-state index contributed by atoms with van der Waals surface area (Å²) in [6.07, 6.45) is 1.72. The number of hydrogen-bond acceptors (Lipinski definition) is 4. The Kier molecular flexibility index (Phi) is 3.73. The van der Waals surface area contributed by atoms with Crippen LogP contribution in [0.1, 0.15) is 15.4 Å². The highest BCUT2D eigenvalue weighted by molar-refractivity contribution is 9.10. The number of halogens is 1. The third-order valence-electron chi connectivity index (χ3n) is 2.61. The molecule has 4 nitrogen and oxygen atoms in total. The SMILES string of the molecule is Cc1ccc(-c2csc(NC(=O)c3cc(Br)c[nH]3)n2)s1. The zero-order valence-electron chi connectivity index (χ0n) is 10.4. The fourth-order valence-corrected chi connectivity index (χ4v) is 3.63. The van der Waals surface area contributed by atoms with Crippen LogP contribution in [0, 0.1) is 6.92 Å². The number of aromatic nitrogens is 2. The predicted molar refractivity (Wildman–Crippen MR) is 86.6 cm³/mol. The van der Waals surface area contributed by atoms with Gasteiger partial charge in [0.1, 0.15) is 5.69 Å². The first-order chi connectivity index (χ1) is 9.61. The van der Waals surface area contributed by atoms with Gasteiger partial charge >= 0.3 is 0 Å². The van der Waals surface area contributed by atoms with Crippen LogP contribution in [0.25, 0.3) is 10.6 Å². The Balaban J connectivity index is 1.76. The van der Waals surface area contributed by atoms with Crippen molar-refractivity contribution in [3.05, 3.63) is 44.8 Å². The summed E-state index contributed by atoms with van der Waals surface area (Å²) in [7, 11) is 0. The smallest absolute Gasteiger partial charge is 0.273 e. The lowest BCUT2D eigenvalue weighted by Gasteiger charge is -1.98. The fraction of sp³-hybridized carbons (Fsp3) is 0.0769. The van der Waals surface area contributed by atoms with Gasteiger partial charge < -0.3 is 4.98 Å². The Labute approximate surface area is 132 Å². The Morgan fingerprint density at radius 2 is 2.30 bits per heavy atom. The van der Waals surface area contributed by atoms with Crippen LogP contribution in [0.3, 0.4) is 0 Å². The van der Waals surface area contributed by atoms with Crippen molar-refractivity contribution in [3.8, 4) is 10.6 Å². The molecule has 0 spiro atoms. The van der Waals surface area contributed by atoms with E-state index in [4.69, 9.17) is 0 Å². The van der Waals surface area contributed by atoms with Crippen LogP contribution in [0.5, 0.6) is 0 Å². The molecule has 0 radical (unpaired) electrons. The van der Waals surface area contributed by atoms with Crippen LogP contribution >= 0.6 is 38.6 Å². The molecule has 3 heterocycles. The largest absolute Gasteiger partial charge is 0.356 e. The van der Waals surface area contributed by atoms with Crippen LogP contribution in [0.4, 0.5) is 5.13 Å². The quantitative estimate of drug-likeness (QED) is 0.714. The molecule has 0 aliphatic heterocycles. The van der Waals surface area contributed by atoms with Crippen LogP contribution in [0.2, 0.25) is 0 Å². The molecular weight excluding hydrogens is 358 g/mol. The first kappa shape index (κ1) is 13.5. The van der Waals surface area contributed by atoms with E-state index < -0.39 is 0 Å². The minimum Gasteiger partial charge on any atom is -0.356 e. The standard InChI is InChI=1S/C13H10BrN3OS2/c1-7-2-3-11(20-7)10-6-19-13(16-10)17-12(18)9-4-8(14)5-15-9/h2-6,15H,1H3,(H,16,17,18). The van der Waals surface area contributed by atoms with E-state index in [2.05, 4.69) is 44.2 Å². The number of carbonyl (C=O) groups excluding carboxylic acids is 1. The van der Waals surface area contributed by atoms with E-state index in [1.807, 2.05) is 11.4 Å². The number of amides is 1. The maximum atomic E-state index is 12.0. The van der Waals surface area contributed by atoms with Crippen molar-refractivity contribution in [2.24, 2.45) is 0 Å². The summed E-state index contributed by atoms with van der Waals surface area (Å²) >= 11 is 6.41. The minimum atomic E-state index is -0.195. The van der Waals surface area contributed by atoms with Crippen molar-refractivity contribution >= 4 is 49.6 Å².